The van der Waals surface area contributed by atoms with Gasteiger partial charge in [0, 0.05) is 132 Å². The number of hydroxylamine groups is 14. The highest BCUT2D eigenvalue weighted by atomic mass is 32.3. The summed E-state index contributed by atoms with van der Waals surface area (Å²) in [5.41, 5.74) is -5.71. The summed E-state index contributed by atoms with van der Waals surface area (Å²) in [6, 6.07) is 19.9. The van der Waals surface area contributed by atoms with Crippen molar-refractivity contribution in [2.45, 2.75) is 423 Å². The number of amides is 1. The minimum absolute atomic E-state index is 0. The number of carbonyl (C=O) groups is 1. The number of carbonyl (C=O) groups excluding carboxylic acids is 1. The van der Waals surface area contributed by atoms with E-state index in [9.17, 15) is 68.3 Å². The second kappa shape index (κ2) is 43.0. The van der Waals surface area contributed by atoms with E-state index >= 15 is 0 Å². The number of para-hydroxylation sites is 2. The zero-order valence-corrected chi connectivity index (χ0v) is 82.1. The molecule has 0 aliphatic carbocycles. The van der Waals surface area contributed by atoms with Crippen LogP contribution in [0.25, 0.3) is 0 Å². The number of aliphatic hydroxyl groups excluding tert-OH is 2. The van der Waals surface area contributed by atoms with Crippen molar-refractivity contribution >= 4 is 32.6 Å². The molecule has 0 bridgehead atoms. The third kappa shape index (κ3) is 31.5. The highest BCUT2D eigenvalue weighted by molar-refractivity contribution is 7.82. The summed E-state index contributed by atoms with van der Waals surface area (Å²) in [5, 5.41) is 105. The maximum absolute atomic E-state index is 12.1. The van der Waals surface area contributed by atoms with Crippen LogP contribution in [0.4, 0.5) is 10.5 Å². The first kappa shape index (κ1) is 112. The Morgan fingerprint density at radius 1 is 0.468 bits per heavy atom. The Balaban J connectivity index is 0.000000499. The number of piperidine rings is 7. The first-order valence-electron chi connectivity index (χ1n) is 42.7. The van der Waals surface area contributed by atoms with Gasteiger partial charge in [-0.05, 0) is 296 Å². The molecule has 2 atom stereocenters. The lowest BCUT2D eigenvalue weighted by atomic mass is 9.75. The largest absolute Gasteiger partial charge is 0.449 e. The lowest BCUT2D eigenvalue weighted by Gasteiger charge is -2.63. The molecule has 1 amide bonds. The van der Waals surface area contributed by atoms with E-state index in [2.05, 4.69) is 20.9 Å². The quantitative estimate of drug-likeness (QED) is 0.0353. The van der Waals surface area contributed by atoms with Gasteiger partial charge in [0.2, 0.25) is 12.8 Å². The summed E-state index contributed by atoms with van der Waals surface area (Å²) >= 11 is 0. The van der Waals surface area contributed by atoms with Crippen molar-refractivity contribution in [2.24, 2.45) is 0 Å². The second-order valence-electron chi connectivity index (χ2n) is 42.6. The average molecular weight is 1810 g/mol. The summed E-state index contributed by atoms with van der Waals surface area (Å²) in [7, 11) is -3.76. The number of benzene rings is 2. The Labute approximate surface area is 744 Å². The van der Waals surface area contributed by atoms with Gasteiger partial charge in [0.15, 0.2) is 5.72 Å². The molecule has 2 aromatic carbocycles. The molecule has 1 spiro atoms. The number of aliphatic hydroxyl groups is 2. The van der Waals surface area contributed by atoms with E-state index in [1.165, 1.54) is 40.3 Å². The number of nitrogens with zero attached hydrogens (tertiary/aromatic N) is 8. The van der Waals surface area contributed by atoms with Gasteiger partial charge in [0.1, 0.15) is 25.4 Å². The van der Waals surface area contributed by atoms with Gasteiger partial charge in [-0.15, -0.1) is 0 Å². The van der Waals surface area contributed by atoms with Gasteiger partial charge < -0.3 is 84.0 Å². The molecule has 37 heteroatoms. The van der Waals surface area contributed by atoms with Crippen molar-refractivity contribution in [1.82, 2.24) is 45.7 Å². The number of hydrogen-bond acceptors (Lipinski definition) is 34. The van der Waals surface area contributed by atoms with E-state index in [0.717, 1.165) is 32.8 Å². The molecule has 8 saturated heterocycles. The monoisotopic (exact) mass is 1810 g/mol. The number of nitrogens with one attached hydrogen (secondary N) is 2. The fraction of sp³-hybridized carbons (Fsp3) is 0.828. The summed E-state index contributed by atoms with van der Waals surface area (Å²) in [4.78, 5) is 13.5. The maximum Gasteiger partial charge on any atom is 0.449 e. The number of rotatable bonds is 19. The molecule has 35 nitrogen and oxygen atoms in total. The van der Waals surface area contributed by atoms with Crippen LogP contribution >= 0.6 is 0 Å². The van der Waals surface area contributed by atoms with Crippen molar-refractivity contribution in [3.05, 3.63) is 60.7 Å². The number of methoxy groups -OCH3 is 1. The van der Waals surface area contributed by atoms with E-state index in [1.807, 2.05) is 231 Å². The molecule has 10 rings (SSSR count). The maximum atomic E-state index is 12.1. The molecule has 8 aliphatic heterocycles. The fourth-order valence-electron chi connectivity index (χ4n) is 19.3. The van der Waals surface area contributed by atoms with Crippen LogP contribution in [-0.4, -0.2) is 284 Å². The summed E-state index contributed by atoms with van der Waals surface area (Å²) < 4.78 is 104. The Hall–Kier alpha value is -4.27. The van der Waals surface area contributed by atoms with E-state index in [1.54, 1.807) is 44.5 Å². The molecular formula is C87H164N10O25S2. The molecule has 0 radical (unpaired) electrons. The van der Waals surface area contributed by atoms with Gasteiger partial charge in [-0.25, -0.2) is 13.2 Å². The van der Waals surface area contributed by atoms with Crippen LogP contribution in [0, 0.1) is 12.5 Å². The highest BCUT2D eigenvalue weighted by Crippen LogP contribution is 2.52. The van der Waals surface area contributed by atoms with E-state index in [4.69, 9.17) is 52.1 Å². The zero-order chi connectivity index (χ0) is 95.5. The van der Waals surface area contributed by atoms with Crippen molar-refractivity contribution in [3.8, 4) is 18.2 Å². The standard InChI is InChI=1S/C16H24N2O3.C15H23NO5S.C12H20N2O3.C12H25NO3.C11H24N2O3.C11H23NO3.C10H21NO5S.2H2/c1-15(2)10-13(11-16(3,4)18(15)20)21-14(19)17-12-8-6-5-7-9-12;1-14(2)10-13(11-15(3,4)16(14)17)21-22(18,19)20-12-8-6-5-7-9-12;1-6-13-9(15)17-12(13)7-10(2,3)14(16)11(4,5)8-12;1-6-15-9-16-10-7-11(2,3)13(14)12(4,5)8-10;1-10(2)6-8(16-9(14)12-5)7-11(3,4)13(10)15;1-10(2)6-9(15-8-14-5)7-11(3,4)12(10)13;1-9(2)6-8(16-17(13,14)15-5)7-10(3,4)11(9)12;;/h5-9,13,20H,10-11H2,1-4H3,(H,17,19);5-9,13,17H,10-11H2,1-4H3;1,9,15-16H,7-8H2,2-5H3;10,14H,6-9H2,1-5H3;8-9,12,14-15H,6-7H2,1-5H3;9,13H,6-8H2,1-5H3;8,12H,6-7H2,1-5H3;2*1H. The van der Waals surface area contributed by atoms with E-state index in [0.29, 0.717) is 90.1 Å². The van der Waals surface area contributed by atoms with Crippen LogP contribution in [0.5, 0.6) is 5.75 Å². The molecular weight excluding hydrogens is 1650 g/mol. The lowest BCUT2D eigenvalue weighted by Crippen LogP contribution is -2.76. The van der Waals surface area contributed by atoms with Crippen LogP contribution in [0.2, 0.25) is 0 Å². The first-order valence-corrected chi connectivity index (χ1v) is 45.4. The Bertz CT molecular complexity index is 3790. The lowest BCUT2D eigenvalue weighted by molar-refractivity contribution is -0.438. The molecule has 124 heavy (non-hydrogen) atoms. The Morgan fingerprint density at radius 3 is 1.07 bits per heavy atom. The number of hydrogen-bond donors (Lipinski definition) is 11. The van der Waals surface area contributed by atoms with Gasteiger partial charge in [0.25, 0.3) is 0 Å². The summed E-state index contributed by atoms with van der Waals surface area (Å²) in [5.74, 6) is 0.209. The molecule has 8 aliphatic rings. The zero-order valence-electron chi connectivity index (χ0n) is 80.4. The second-order valence-corrected chi connectivity index (χ2v) is 45.1. The Morgan fingerprint density at radius 2 is 0.766 bits per heavy atom. The highest BCUT2D eigenvalue weighted by Gasteiger charge is 2.63. The number of anilines is 1. The molecule has 8 heterocycles. The minimum Gasteiger partial charge on any atom is -0.446 e. The predicted molar refractivity (Wildman–Crippen MR) is 472 cm³/mol. The third-order valence-electron chi connectivity index (χ3n) is 23.8. The van der Waals surface area contributed by atoms with Crippen molar-refractivity contribution in [3.63, 3.8) is 0 Å². The van der Waals surface area contributed by atoms with Crippen molar-refractivity contribution in [1.29, 1.82) is 0 Å². The molecule has 2 unspecified atom stereocenters. The van der Waals surface area contributed by atoms with Crippen LogP contribution < -0.4 is 14.8 Å². The summed E-state index contributed by atoms with van der Waals surface area (Å²) in [6.45, 7) is 57.6. The SMILES string of the molecule is C#CN1C(O)OC12CC(C)(C)N(O)C(C)(C)C2.CC1(C)CC(OC(=O)Nc2ccccc2)CC(C)(C)N1O.CC1(C)CC(OS(=O)(=O)Oc2ccccc2)CC(C)(C)N1O.CCOCOC1CC(C)(C)N(O)C(C)(C)C1.CNC(O)OC1CC(C)(C)N(O)C(C)(C)C1.COCOC1CC(C)(C)N(O)C(C)(C)C1.COS(=O)(=O)OC1CC(C)(C)N(O)C(C)(C)C1.[HH].[HH]. The van der Waals surface area contributed by atoms with Crippen molar-refractivity contribution in [2.75, 3.05) is 46.8 Å². The van der Waals surface area contributed by atoms with Crippen LogP contribution in [-0.2, 0) is 66.5 Å². The van der Waals surface area contributed by atoms with Gasteiger partial charge in [0.05, 0.1) is 37.6 Å². The van der Waals surface area contributed by atoms with Gasteiger partial charge in [-0.3, -0.25) is 19.7 Å². The van der Waals surface area contributed by atoms with Crippen LogP contribution in [0.1, 0.15) is 294 Å². The molecule has 2 aromatic rings. The Kier molecular flexibility index (Phi) is 38.8. The first-order chi connectivity index (χ1) is 56.1. The van der Waals surface area contributed by atoms with Crippen LogP contribution in [0.3, 0.4) is 0 Å². The number of terminal acetylenes is 1. The van der Waals surface area contributed by atoms with Crippen molar-refractivity contribution < 1.29 is 121 Å². The topological polar surface area (TPSA) is 419 Å². The molecule has 724 valence electrons. The number of ether oxygens (including phenoxy) is 7. The molecule has 8 fully saturated rings. The van der Waals surface area contributed by atoms with Gasteiger partial charge >= 0.3 is 26.9 Å². The van der Waals surface area contributed by atoms with Crippen LogP contribution in [0.15, 0.2) is 60.7 Å². The predicted octanol–water partition coefficient (Wildman–Crippen LogP) is 14.4. The normalized spacial score (nSPS) is 26.1. The van der Waals surface area contributed by atoms with Gasteiger partial charge in [-0.2, -0.15) is 52.3 Å². The minimum atomic E-state index is -4.15. The average Bonchev–Trinajstić information content (AvgIpc) is 0.709. The summed E-state index contributed by atoms with van der Waals surface area (Å²) in [6.07, 6.45) is 10.4. The molecule has 0 saturated carbocycles. The van der Waals surface area contributed by atoms with E-state index in [-0.39, 0.29) is 66.3 Å². The molecule has 11 N–H and O–H groups in total. The fourth-order valence-corrected chi connectivity index (χ4v) is 20.8. The molecule has 0 aromatic heterocycles. The van der Waals surface area contributed by atoms with Gasteiger partial charge in [-0.1, -0.05) is 42.8 Å². The smallest absolute Gasteiger partial charge is 0.446 e. The third-order valence-corrected chi connectivity index (χ3v) is 25.6. The van der Waals surface area contributed by atoms with E-state index < -0.39 is 102 Å².